The van der Waals surface area contributed by atoms with Gasteiger partial charge in [0.2, 0.25) is 0 Å². The largest absolute Gasteiger partial charge is 0.359 e. The molecule has 3 heteroatoms. The number of anilines is 1. The Morgan fingerprint density at radius 1 is 0.905 bits per heavy atom. The summed E-state index contributed by atoms with van der Waals surface area (Å²) in [4.78, 5) is 23.4. The molecule has 0 bridgehead atoms. The molecule has 2 rings (SSSR count). The molecule has 2 aromatic carbocycles. The fourth-order valence-electron chi connectivity index (χ4n) is 2.06. The first-order valence-electron chi connectivity index (χ1n) is 6.72. The van der Waals surface area contributed by atoms with E-state index in [-0.39, 0.29) is 11.6 Å². The van der Waals surface area contributed by atoms with Gasteiger partial charge < -0.3 is 5.32 Å². The van der Waals surface area contributed by atoms with Crippen molar-refractivity contribution in [3.8, 4) is 0 Å². The molecular formula is C18H17NO2. The zero-order chi connectivity index (χ0) is 15.2. The van der Waals surface area contributed by atoms with Crippen LogP contribution in [0.3, 0.4) is 0 Å². The van der Waals surface area contributed by atoms with Crippen LogP contribution in [0.5, 0.6) is 0 Å². The second kappa shape index (κ2) is 6.66. The topological polar surface area (TPSA) is 46.2 Å². The highest BCUT2D eigenvalue weighted by Gasteiger charge is 2.08. The van der Waals surface area contributed by atoms with E-state index >= 15 is 0 Å². The summed E-state index contributed by atoms with van der Waals surface area (Å²) in [6, 6.07) is 16.4. The quantitative estimate of drug-likeness (QED) is 0.668. The molecule has 0 spiro atoms. The van der Waals surface area contributed by atoms with Crippen molar-refractivity contribution in [3.63, 3.8) is 0 Å². The highest BCUT2D eigenvalue weighted by molar-refractivity contribution is 6.09. The lowest BCUT2D eigenvalue weighted by atomic mass is 10.0. The molecule has 1 N–H and O–H groups in total. The summed E-state index contributed by atoms with van der Waals surface area (Å²) in [5.74, 6) is -0.0380. The van der Waals surface area contributed by atoms with Crippen molar-refractivity contribution in [2.75, 3.05) is 5.32 Å². The number of allylic oxidation sites excluding steroid dienone is 2. The third-order valence-corrected chi connectivity index (χ3v) is 2.92. The highest BCUT2D eigenvalue weighted by Crippen LogP contribution is 2.16. The Morgan fingerprint density at radius 3 is 2.24 bits per heavy atom. The predicted molar refractivity (Wildman–Crippen MR) is 84.4 cm³/mol. The van der Waals surface area contributed by atoms with Crippen LogP contribution >= 0.6 is 0 Å². The van der Waals surface area contributed by atoms with E-state index in [1.165, 1.54) is 13.0 Å². The molecular weight excluding hydrogens is 262 g/mol. The molecule has 0 aliphatic heterocycles. The smallest absolute Gasteiger partial charge is 0.193 e. The lowest BCUT2D eigenvalue weighted by Crippen LogP contribution is -2.03. The first kappa shape index (κ1) is 14.7. The van der Waals surface area contributed by atoms with Gasteiger partial charge in [-0.25, -0.2) is 0 Å². The summed E-state index contributed by atoms with van der Waals surface area (Å²) in [6.07, 6.45) is 1.52. The highest BCUT2D eigenvalue weighted by atomic mass is 16.1. The molecule has 0 aliphatic carbocycles. The molecule has 0 radical (unpaired) electrons. The third kappa shape index (κ3) is 4.14. The fraction of sp³-hybridized carbons (Fsp3) is 0.111. The second-order valence-electron chi connectivity index (χ2n) is 4.84. The normalized spacial score (nSPS) is 11.0. The summed E-state index contributed by atoms with van der Waals surface area (Å²) in [5.41, 5.74) is 2.80. The van der Waals surface area contributed by atoms with Crippen LogP contribution in [0, 0.1) is 0 Å². The molecule has 0 atom stereocenters. The standard InChI is InChI=1S/C18H17NO2/c1-13(11-14(2)20)19-17-10-6-9-16(12-17)18(21)15-7-4-3-5-8-15/h3-12,19H,1-2H3. The van der Waals surface area contributed by atoms with Gasteiger partial charge in [0.15, 0.2) is 11.6 Å². The molecule has 106 valence electrons. The van der Waals surface area contributed by atoms with E-state index < -0.39 is 0 Å². The van der Waals surface area contributed by atoms with Gasteiger partial charge in [-0.2, -0.15) is 0 Å². The summed E-state index contributed by atoms with van der Waals surface area (Å²) >= 11 is 0. The number of ketones is 2. The molecule has 0 amide bonds. The predicted octanol–water partition coefficient (Wildman–Crippen LogP) is 3.82. The Bertz CT molecular complexity index is 687. The zero-order valence-electron chi connectivity index (χ0n) is 12.1. The van der Waals surface area contributed by atoms with Gasteiger partial charge in [0, 0.05) is 22.5 Å². The number of carbonyl (C=O) groups is 2. The average Bonchev–Trinajstić information content (AvgIpc) is 2.46. The van der Waals surface area contributed by atoms with Crippen molar-refractivity contribution in [2.45, 2.75) is 13.8 Å². The van der Waals surface area contributed by atoms with Crippen molar-refractivity contribution in [2.24, 2.45) is 0 Å². The summed E-state index contributed by atoms with van der Waals surface area (Å²) in [7, 11) is 0. The molecule has 0 aromatic heterocycles. The van der Waals surface area contributed by atoms with Crippen molar-refractivity contribution in [1.29, 1.82) is 0 Å². The van der Waals surface area contributed by atoms with E-state index in [4.69, 9.17) is 0 Å². The molecule has 0 unspecified atom stereocenters. The third-order valence-electron chi connectivity index (χ3n) is 2.92. The van der Waals surface area contributed by atoms with Crippen LogP contribution in [0.1, 0.15) is 29.8 Å². The van der Waals surface area contributed by atoms with Crippen LogP contribution in [0.2, 0.25) is 0 Å². The van der Waals surface area contributed by atoms with Crippen LogP contribution in [0.15, 0.2) is 66.4 Å². The number of rotatable bonds is 5. The van der Waals surface area contributed by atoms with Crippen LogP contribution < -0.4 is 5.32 Å². The Balaban J connectivity index is 2.22. The number of carbonyl (C=O) groups excluding carboxylic acids is 2. The van der Waals surface area contributed by atoms with Gasteiger partial charge in [-0.1, -0.05) is 42.5 Å². The van der Waals surface area contributed by atoms with Crippen molar-refractivity contribution < 1.29 is 9.59 Å². The molecule has 3 nitrogen and oxygen atoms in total. The first-order chi connectivity index (χ1) is 10.1. The molecule has 2 aromatic rings. The number of hydrogen-bond acceptors (Lipinski definition) is 3. The Morgan fingerprint density at radius 2 is 1.57 bits per heavy atom. The fourth-order valence-corrected chi connectivity index (χ4v) is 2.06. The van der Waals surface area contributed by atoms with E-state index in [1.807, 2.05) is 37.3 Å². The average molecular weight is 279 g/mol. The SMILES string of the molecule is CC(=O)C=C(C)Nc1cccc(C(=O)c2ccccc2)c1. The minimum absolute atomic E-state index is 0.0171. The minimum atomic E-state index is -0.0209. The number of benzene rings is 2. The van der Waals surface area contributed by atoms with E-state index in [9.17, 15) is 9.59 Å². The lowest BCUT2D eigenvalue weighted by molar-refractivity contribution is -0.112. The lowest BCUT2D eigenvalue weighted by Gasteiger charge is -2.08. The number of nitrogens with one attached hydrogen (secondary N) is 1. The Labute approximate surface area is 124 Å². The van der Waals surface area contributed by atoms with E-state index in [2.05, 4.69) is 5.32 Å². The van der Waals surface area contributed by atoms with Gasteiger partial charge in [-0.05, 0) is 32.1 Å². The Kier molecular flexibility index (Phi) is 4.67. The summed E-state index contributed by atoms with van der Waals surface area (Å²) in [6.45, 7) is 3.31. The van der Waals surface area contributed by atoms with E-state index in [1.54, 1.807) is 24.3 Å². The molecule has 0 saturated carbocycles. The van der Waals surface area contributed by atoms with Gasteiger partial charge >= 0.3 is 0 Å². The zero-order valence-corrected chi connectivity index (χ0v) is 12.1. The first-order valence-corrected chi connectivity index (χ1v) is 6.72. The van der Waals surface area contributed by atoms with Gasteiger partial charge in [0.1, 0.15) is 0 Å². The van der Waals surface area contributed by atoms with Gasteiger partial charge in [0.05, 0.1) is 0 Å². The maximum atomic E-state index is 12.4. The van der Waals surface area contributed by atoms with Crippen LogP contribution in [-0.4, -0.2) is 11.6 Å². The second-order valence-corrected chi connectivity index (χ2v) is 4.84. The maximum Gasteiger partial charge on any atom is 0.193 e. The monoisotopic (exact) mass is 279 g/mol. The minimum Gasteiger partial charge on any atom is -0.359 e. The van der Waals surface area contributed by atoms with Crippen LogP contribution in [0.4, 0.5) is 5.69 Å². The van der Waals surface area contributed by atoms with Gasteiger partial charge in [0.25, 0.3) is 0 Å². The van der Waals surface area contributed by atoms with Crippen molar-refractivity contribution in [3.05, 3.63) is 77.5 Å². The van der Waals surface area contributed by atoms with E-state index in [0.717, 1.165) is 11.4 Å². The van der Waals surface area contributed by atoms with E-state index in [0.29, 0.717) is 11.1 Å². The molecule has 0 fully saturated rings. The Hall–Kier alpha value is -2.68. The molecule has 0 saturated heterocycles. The molecule has 0 heterocycles. The summed E-state index contributed by atoms with van der Waals surface area (Å²) in [5, 5.41) is 3.11. The van der Waals surface area contributed by atoms with Crippen molar-refractivity contribution in [1.82, 2.24) is 0 Å². The maximum absolute atomic E-state index is 12.4. The van der Waals surface area contributed by atoms with Crippen LogP contribution in [-0.2, 0) is 4.79 Å². The number of hydrogen-bond donors (Lipinski definition) is 1. The van der Waals surface area contributed by atoms with Gasteiger partial charge in [-0.3, -0.25) is 9.59 Å². The summed E-state index contributed by atoms with van der Waals surface area (Å²) < 4.78 is 0. The van der Waals surface area contributed by atoms with Crippen molar-refractivity contribution >= 4 is 17.3 Å². The molecule has 0 aliphatic rings. The van der Waals surface area contributed by atoms with Gasteiger partial charge in [-0.15, -0.1) is 0 Å². The molecule has 21 heavy (non-hydrogen) atoms. The van der Waals surface area contributed by atoms with Crippen LogP contribution in [0.25, 0.3) is 0 Å².